The van der Waals surface area contributed by atoms with Crippen LogP contribution in [0.25, 0.3) is 0 Å². The lowest BCUT2D eigenvalue weighted by atomic mass is 9.93. The van der Waals surface area contributed by atoms with Crippen LogP contribution in [-0.4, -0.2) is 36.5 Å². The highest BCUT2D eigenvalue weighted by molar-refractivity contribution is 7.09. The lowest BCUT2D eigenvalue weighted by Crippen LogP contribution is -2.45. The SMILES string of the molecule is NC(=O)CC1CCN(C(=O)NCCc2cccs2)CC1. The molecular formula is C14H21N3O2S. The van der Waals surface area contributed by atoms with Crippen LogP contribution in [0.3, 0.4) is 0 Å². The number of urea groups is 1. The van der Waals surface area contributed by atoms with Gasteiger partial charge in [-0.3, -0.25) is 4.79 Å². The topological polar surface area (TPSA) is 75.4 Å². The van der Waals surface area contributed by atoms with E-state index < -0.39 is 0 Å². The fourth-order valence-corrected chi connectivity index (χ4v) is 3.19. The van der Waals surface area contributed by atoms with Crippen LogP contribution in [0, 0.1) is 5.92 Å². The predicted octanol–water partition coefficient (Wildman–Crippen LogP) is 1.59. The van der Waals surface area contributed by atoms with Gasteiger partial charge in [-0.25, -0.2) is 4.79 Å². The van der Waals surface area contributed by atoms with Gasteiger partial charge in [-0.2, -0.15) is 0 Å². The summed E-state index contributed by atoms with van der Waals surface area (Å²) in [7, 11) is 0. The fourth-order valence-electron chi connectivity index (χ4n) is 2.48. The zero-order valence-corrected chi connectivity index (χ0v) is 12.3. The third kappa shape index (κ3) is 4.52. The lowest BCUT2D eigenvalue weighted by molar-refractivity contribution is -0.119. The van der Waals surface area contributed by atoms with Gasteiger partial charge >= 0.3 is 6.03 Å². The van der Waals surface area contributed by atoms with E-state index in [9.17, 15) is 9.59 Å². The molecular weight excluding hydrogens is 274 g/mol. The number of rotatable bonds is 5. The van der Waals surface area contributed by atoms with Gasteiger partial charge in [0.05, 0.1) is 0 Å². The Balaban J connectivity index is 1.65. The number of piperidine rings is 1. The summed E-state index contributed by atoms with van der Waals surface area (Å²) in [4.78, 5) is 26.0. The Labute approximate surface area is 123 Å². The van der Waals surface area contributed by atoms with Crippen LogP contribution in [-0.2, 0) is 11.2 Å². The molecule has 0 unspecified atom stereocenters. The Morgan fingerprint density at radius 1 is 1.40 bits per heavy atom. The molecule has 5 nitrogen and oxygen atoms in total. The van der Waals surface area contributed by atoms with E-state index in [0.717, 1.165) is 19.3 Å². The number of carbonyl (C=O) groups is 2. The quantitative estimate of drug-likeness (QED) is 0.865. The second kappa shape index (κ2) is 7.28. The zero-order chi connectivity index (χ0) is 14.4. The van der Waals surface area contributed by atoms with Crippen LogP contribution in [0.2, 0.25) is 0 Å². The largest absolute Gasteiger partial charge is 0.370 e. The Kier molecular flexibility index (Phi) is 5.40. The number of nitrogens with one attached hydrogen (secondary N) is 1. The first-order valence-corrected chi connectivity index (χ1v) is 7.86. The summed E-state index contributed by atoms with van der Waals surface area (Å²) in [6, 6.07) is 4.09. The monoisotopic (exact) mass is 295 g/mol. The molecule has 0 aromatic carbocycles. The van der Waals surface area contributed by atoms with Gasteiger partial charge in [0.2, 0.25) is 5.91 Å². The summed E-state index contributed by atoms with van der Waals surface area (Å²) in [5.41, 5.74) is 5.20. The molecule has 1 aromatic rings. The first kappa shape index (κ1) is 14.8. The number of likely N-dealkylation sites (tertiary alicyclic amines) is 1. The first-order chi connectivity index (χ1) is 9.65. The van der Waals surface area contributed by atoms with Gasteiger partial charge in [0.1, 0.15) is 0 Å². The molecule has 1 fully saturated rings. The molecule has 20 heavy (non-hydrogen) atoms. The second-order valence-corrected chi connectivity index (χ2v) is 6.19. The van der Waals surface area contributed by atoms with Gasteiger partial charge in [-0.1, -0.05) is 6.07 Å². The van der Waals surface area contributed by atoms with Crippen molar-refractivity contribution in [3.05, 3.63) is 22.4 Å². The average molecular weight is 295 g/mol. The van der Waals surface area contributed by atoms with E-state index in [1.165, 1.54) is 4.88 Å². The van der Waals surface area contributed by atoms with Crippen LogP contribution in [0.1, 0.15) is 24.1 Å². The standard InChI is InChI=1S/C14H21N3O2S/c15-13(18)10-11-4-7-17(8-5-11)14(19)16-6-3-12-2-1-9-20-12/h1-2,9,11H,3-8,10H2,(H2,15,18)(H,16,19). The molecule has 0 radical (unpaired) electrons. The average Bonchev–Trinajstić information content (AvgIpc) is 2.92. The molecule has 1 aliphatic rings. The third-order valence-electron chi connectivity index (χ3n) is 3.62. The third-order valence-corrected chi connectivity index (χ3v) is 4.56. The normalized spacial score (nSPS) is 16.1. The number of hydrogen-bond acceptors (Lipinski definition) is 3. The van der Waals surface area contributed by atoms with Crippen LogP contribution in [0.15, 0.2) is 17.5 Å². The summed E-state index contributed by atoms with van der Waals surface area (Å²) in [5, 5.41) is 4.99. The van der Waals surface area contributed by atoms with Crippen LogP contribution in [0.4, 0.5) is 4.79 Å². The number of nitrogens with two attached hydrogens (primary N) is 1. The number of thiophene rings is 1. The van der Waals surface area contributed by atoms with Crippen LogP contribution in [0.5, 0.6) is 0 Å². The minimum absolute atomic E-state index is 0.000851. The van der Waals surface area contributed by atoms with E-state index in [0.29, 0.717) is 32.0 Å². The van der Waals surface area contributed by atoms with Crippen molar-refractivity contribution in [3.8, 4) is 0 Å². The minimum Gasteiger partial charge on any atom is -0.370 e. The fraction of sp³-hybridized carbons (Fsp3) is 0.571. The van der Waals surface area contributed by atoms with E-state index in [2.05, 4.69) is 11.4 Å². The lowest BCUT2D eigenvalue weighted by Gasteiger charge is -2.31. The molecule has 1 aromatic heterocycles. The van der Waals surface area contributed by atoms with E-state index in [-0.39, 0.29) is 11.9 Å². The molecule has 0 spiro atoms. The van der Waals surface area contributed by atoms with Crippen molar-refractivity contribution >= 4 is 23.3 Å². The second-order valence-electron chi connectivity index (χ2n) is 5.16. The summed E-state index contributed by atoms with van der Waals surface area (Å²) in [6.45, 7) is 2.09. The van der Waals surface area contributed by atoms with Crippen molar-refractivity contribution in [2.24, 2.45) is 11.7 Å². The summed E-state index contributed by atoms with van der Waals surface area (Å²) < 4.78 is 0. The molecule has 0 saturated carbocycles. The van der Waals surface area contributed by atoms with E-state index in [1.807, 2.05) is 16.3 Å². The zero-order valence-electron chi connectivity index (χ0n) is 11.5. The van der Waals surface area contributed by atoms with Crippen LogP contribution >= 0.6 is 11.3 Å². The smallest absolute Gasteiger partial charge is 0.317 e. The summed E-state index contributed by atoms with van der Waals surface area (Å²) in [6.07, 6.45) is 3.04. The molecule has 1 aliphatic heterocycles. The number of nitrogens with zero attached hydrogens (tertiary/aromatic N) is 1. The molecule has 2 rings (SSSR count). The maximum Gasteiger partial charge on any atom is 0.317 e. The van der Waals surface area contributed by atoms with E-state index >= 15 is 0 Å². The van der Waals surface area contributed by atoms with E-state index in [1.54, 1.807) is 11.3 Å². The maximum absolute atomic E-state index is 12.0. The highest BCUT2D eigenvalue weighted by Gasteiger charge is 2.23. The van der Waals surface area contributed by atoms with Crippen molar-refractivity contribution in [2.75, 3.05) is 19.6 Å². The molecule has 6 heteroatoms. The highest BCUT2D eigenvalue weighted by Crippen LogP contribution is 2.20. The van der Waals surface area contributed by atoms with Crippen molar-refractivity contribution in [3.63, 3.8) is 0 Å². The molecule has 2 heterocycles. The Hall–Kier alpha value is -1.56. The number of amides is 3. The molecule has 0 atom stereocenters. The van der Waals surface area contributed by atoms with Gasteiger partial charge in [0.15, 0.2) is 0 Å². The molecule has 3 amide bonds. The van der Waals surface area contributed by atoms with Crippen LogP contribution < -0.4 is 11.1 Å². The van der Waals surface area contributed by atoms with Gasteiger partial charge < -0.3 is 16.0 Å². The molecule has 0 aliphatic carbocycles. The molecule has 1 saturated heterocycles. The number of primary amides is 1. The number of hydrogen-bond donors (Lipinski definition) is 2. The van der Waals surface area contributed by atoms with Crippen molar-refractivity contribution < 1.29 is 9.59 Å². The van der Waals surface area contributed by atoms with Gasteiger partial charge in [0.25, 0.3) is 0 Å². The minimum atomic E-state index is -0.246. The highest BCUT2D eigenvalue weighted by atomic mass is 32.1. The molecule has 3 N–H and O–H groups in total. The Bertz CT molecular complexity index is 439. The predicted molar refractivity (Wildman–Crippen MR) is 79.5 cm³/mol. The van der Waals surface area contributed by atoms with Crippen molar-refractivity contribution in [1.82, 2.24) is 10.2 Å². The molecule has 0 bridgehead atoms. The van der Waals surface area contributed by atoms with Gasteiger partial charge in [0, 0.05) is 30.9 Å². The first-order valence-electron chi connectivity index (χ1n) is 6.98. The van der Waals surface area contributed by atoms with Gasteiger partial charge in [-0.15, -0.1) is 11.3 Å². The Morgan fingerprint density at radius 3 is 2.75 bits per heavy atom. The van der Waals surface area contributed by atoms with E-state index in [4.69, 9.17) is 5.73 Å². The number of carbonyl (C=O) groups excluding carboxylic acids is 2. The summed E-state index contributed by atoms with van der Waals surface area (Å²) >= 11 is 1.71. The Morgan fingerprint density at radius 2 is 2.15 bits per heavy atom. The van der Waals surface area contributed by atoms with Crippen molar-refractivity contribution in [1.29, 1.82) is 0 Å². The van der Waals surface area contributed by atoms with Crippen molar-refractivity contribution in [2.45, 2.75) is 25.7 Å². The maximum atomic E-state index is 12.0. The van der Waals surface area contributed by atoms with Gasteiger partial charge in [-0.05, 0) is 36.6 Å². The summed E-state index contributed by atoms with van der Waals surface area (Å²) in [5.74, 6) is 0.0894. The molecule has 110 valence electrons.